The van der Waals surface area contributed by atoms with E-state index in [1.54, 1.807) is 18.2 Å². The lowest BCUT2D eigenvalue weighted by Gasteiger charge is -2.22. The van der Waals surface area contributed by atoms with E-state index in [1.165, 1.54) is 11.8 Å². The molecule has 2 aliphatic rings. The van der Waals surface area contributed by atoms with Crippen molar-refractivity contribution in [2.24, 2.45) is 0 Å². The molecule has 3 aromatic carbocycles. The van der Waals surface area contributed by atoms with Crippen LogP contribution in [0.3, 0.4) is 0 Å². The normalized spacial score (nSPS) is 19.0. The van der Waals surface area contributed by atoms with Crippen LogP contribution in [0.5, 0.6) is 0 Å². The second-order valence-corrected chi connectivity index (χ2v) is 9.54. The third-order valence-electron chi connectivity index (χ3n) is 5.93. The average Bonchev–Trinajstić information content (AvgIpc) is 3.30. The van der Waals surface area contributed by atoms with Crippen molar-refractivity contribution < 1.29 is 14.4 Å². The van der Waals surface area contributed by atoms with E-state index < -0.39 is 17.5 Å². The molecule has 1 aliphatic carbocycles. The van der Waals surface area contributed by atoms with E-state index in [-0.39, 0.29) is 12.5 Å². The van der Waals surface area contributed by atoms with Crippen molar-refractivity contribution in [3.05, 3.63) is 88.9 Å². The Morgan fingerprint density at radius 2 is 1.76 bits per heavy atom. The highest BCUT2D eigenvalue weighted by Gasteiger charge is 2.55. The molecule has 8 heteroatoms. The number of fused-ring (bicyclic) bond motifs is 2. The van der Waals surface area contributed by atoms with Gasteiger partial charge in [-0.2, -0.15) is 0 Å². The van der Waals surface area contributed by atoms with Crippen molar-refractivity contribution in [1.29, 1.82) is 0 Å². The van der Waals surface area contributed by atoms with E-state index >= 15 is 0 Å². The van der Waals surface area contributed by atoms with Gasteiger partial charge in [0.25, 0.3) is 5.91 Å². The minimum Gasteiger partial charge on any atom is -0.323 e. The first-order chi connectivity index (χ1) is 16.0. The molecule has 1 saturated heterocycles. The number of halogens is 1. The number of hydrogen-bond donors (Lipinski definition) is 2. The van der Waals surface area contributed by atoms with Crippen LogP contribution in [0.4, 0.5) is 10.5 Å². The fourth-order valence-corrected chi connectivity index (χ4v) is 5.38. The van der Waals surface area contributed by atoms with Crippen LogP contribution in [-0.2, 0) is 21.5 Å². The maximum absolute atomic E-state index is 13.3. The van der Waals surface area contributed by atoms with Crippen LogP contribution in [0.2, 0.25) is 5.02 Å². The summed E-state index contributed by atoms with van der Waals surface area (Å²) in [6, 6.07) is 21.9. The fourth-order valence-electron chi connectivity index (χ4n) is 4.36. The first-order valence-corrected chi connectivity index (χ1v) is 11.7. The molecule has 33 heavy (non-hydrogen) atoms. The molecule has 6 nitrogen and oxygen atoms in total. The predicted octanol–water partition coefficient (Wildman–Crippen LogP) is 4.82. The van der Waals surface area contributed by atoms with E-state index in [0.29, 0.717) is 23.6 Å². The van der Waals surface area contributed by atoms with Crippen molar-refractivity contribution in [2.45, 2.75) is 28.2 Å². The highest BCUT2D eigenvalue weighted by Crippen LogP contribution is 2.41. The Bertz CT molecular complexity index is 1260. The van der Waals surface area contributed by atoms with Crippen molar-refractivity contribution in [2.75, 3.05) is 11.9 Å². The summed E-state index contributed by atoms with van der Waals surface area (Å²) in [6.45, 7) is -0.353. The second-order valence-electron chi connectivity index (χ2n) is 7.98. The van der Waals surface area contributed by atoms with Gasteiger partial charge in [0.2, 0.25) is 5.91 Å². The molecule has 3 aromatic rings. The van der Waals surface area contributed by atoms with Gasteiger partial charge < -0.3 is 10.6 Å². The smallest absolute Gasteiger partial charge is 0.323 e. The largest absolute Gasteiger partial charge is 0.325 e. The lowest BCUT2D eigenvalue weighted by Crippen LogP contribution is -2.43. The molecule has 0 saturated carbocycles. The number of amides is 4. The number of carbonyl (C=O) groups is 3. The molecule has 5 rings (SSSR count). The zero-order valence-corrected chi connectivity index (χ0v) is 19.1. The number of nitrogens with one attached hydrogen (secondary N) is 2. The highest BCUT2D eigenvalue weighted by atomic mass is 35.5. The summed E-state index contributed by atoms with van der Waals surface area (Å²) in [5.41, 5.74) is 1.40. The molecule has 0 radical (unpaired) electrons. The third kappa shape index (κ3) is 3.98. The van der Waals surface area contributed by atoms with Gasteiger partial charge in [0, 0.05) is 14.8 Å². The molecule has 4 amide bonds. The van der Waals surface area contributed by atoms with E-state index in [4.69, 9.17) is 11.6 Å². The van der Waals surface area contributed by atoms with Crippen LogP contribution in [0, 0.1) is 0 Å². The summed E-state index contributed by atoms with van der Waals surface area (Å²) in [5.74, 6) is -0.817. The van der Waals surface area contributed by atoms with Crippen LogP contribution in [0.15, 0.2) is 82.6 Å². The molecule has 2 N–H and O–H groups in total. The monoisotopic (exact) mass is 477 g/mol. The maximum atomic E-state index is 13.3. The molecule has 1 spiro atoms. The average molecular weight is 478 g/mol. The Labute approximate surface area is 200 Å². The highest BCUT2D eigenvalue weighted by molar-refractivity contribution is 7.99. The van der Waals surface area contributed by atoms with E-state index in [0.717, 1.165) is 25.8 Å². The van der Waals surface area contributed by atoms with Gasteiger partial charge in [-0.1, -0.05) is 59.8 Å². The van der Waals surface area contributed by atoms with E-state index in [9.17, 15) is 14.4 Å². The predicted molar refractivity (Wildman–Crippen MR) is 127 cm³/mol. The molecular formula is C25H20ClN3O3S. The maximum Gasteiger partial charge on any atom is 0.325 e. The Hall–Kier alpha value is -3.29. The quantitative estimate of drug-likeness (QED) is 0.516. The molecule has 1 heterocycles. The van der Waals surface area contributed by atoms with E-state index in [1.807, 2.05) is 54.6 Å². The molecule has 1 fully saturated rings. The van der Waals surface area contributed by atoms with Crippen LogP contribution < -0.4 is 10.6 Å². The summed E-state index contributed by atoms with van der Waals surface area (Å²) in [6.07, 6.45) is 1.20. The molecule has 0 unspecified atom stereocenters. The van der Waals surface area contributed by atoms with Gasteiger partial charge in [-0.25, -0.2) is 4.79 Å². The number of urea groups is 1. The summed E-state index contributed by atoms with van der Waals surface area (Å²) < 4.78 is 0. The van der Waals surface area contributed by atoms with Gasteiger partial charge in [-0.3, -0.25) is 14.5 Å². The first kappa shape index (κ1) is 21.6. The van der Waals surface area contributed by atoms with Crippen molar-refractivity contribution in [3.63, 3.8) is 0 Å². The number of rotatable bonds is 5. The molecule has 1 atom stereocenters. The van der Waals surface area contributed by atoms with Gasteiger partial charge in [0.05, 0.1) is 5.69 Å². The van der Waals surface area contributed by atoms with Crippen LogP contribution in [0.25, 0.3) is 0 Å². The number of hydrogen-bond acceptors (Lipinski definition) is 4. The Kier molecular flexibility index (Phi) is 5.60. The third-order valence-corrected chi connectivity index (χ3v) is 7.26. The fraction of sp³-hybridized carbons (Fsp3) is 0.160. The summed E-state index contributed by atoms with van der Waals surface area (Å²) in [5, 5.41) is 6.34. The Balaban J connectivity index is 1.31. The van der Waals surface area contributed by atoms with Crippen LogP contribution in [0.1, 0.15) is 17.5 Å². The Morgan fingerprint density at radius 3 is 2.58 bits per heavy atom. The summed E-state index contributed by atoms with van der Waals surface area (Å²) in [7, 11) is 0. The van der Waals surface area contributed by atoms with Crippen molar-refractivity contribution in [3.8, 4) is 0 Å². The number of para-hydroxylation sites is 1. The standard InChI is InChI=1S/C25H20ClN3O3S/c26-17-9-11-18(12-10-17)33-21-8-4-3-7-20(21)27-22(30)15-29-23(31)25(28-24(29)32)14-13-16-5-1-2-6-19(16)25/h1-12H,13-15H2,(H,27,30)(H,28,32)/t25-/m1/s1. The zero-order chi connectivity index (χ0) is 23.0. The number of carbonyl (C=O) groups excluding carboxylic acids is 3. The molecular weight excluding hydrogens is 458 g/mol. The van der Waals surface area contributed by atoms with E-state index in [2.05, 4.69) is 10.6 Å². The number of benzene rings is 3. The van der Waals surface area contributed by atoms with Crippen molar-refractivity contribution >= 4 is 46.9 Å². The molecule has 1 aliphatic heterocycles. The summed E-state index contributed by atoms with van der Waals surface area (Å²) >= 11 is 7.44. The molecule has 0 aromatic heterocycles. The van der Waals surface area contributed by atoms with Gasteiger partial charge >= 0.3 is 6.03 Å². The van der Waals surface area contributed by atoms with Gasteiger partial charge in [-0.15, -0.1) is 0 Å². The number of aryl methyl sites for hydroxylation is 1. The topological polar surface area (TPSA) is 78.5 Å². The van der Waals surface area contributed by atoms with Gasteiger partial charge in [0.15, 0.2) is 0 Å². The lowest BCUT2D eigenvalue weighted by molar-refractivity contribution is -0.134. The SMILES string of the molecule is O=C(CN1C(=O)N[C@@]2(CCc3ccccc32)C1=O)Nc1ccccc1Sc1ccc(Cl)cc1. The second kappa shape index (κ2) is 8.57. The lowest BCUT2D eigenvalue weighted by atomic mass is 9.92. The molecule has 166 valence electrons. The number of imide groups is 1. The van der Waals surface area contributed by atoms with Crippen LogP contribution >= 0.6 is 23.4 Å². The van der Waals surface area contributed by atoms with Crippen molar-refractivity contribution in [1.82, 2.24) is 10.2 Å². The zero-order valence-electron chi connectivity index (χ0n) is 17.5. The Morgan fingerprint density at radius 1 is 1.03 bits per heavy atom. The minimum absolute atomic E-state index is 0.353. The first-order valence-electron chi connectivity index (χ1n) is 10.5. The summed E-state index contributed by atoms with van der Waals surface area (Å²) in [4.78, 5) is 41.6. The number of anilines is 1. The number of nitrogens with zero attached hydrogens (tertiary/aromatic N) is 1. The minimum atomic E-state index is -1.07. The van der Waals surface area contributed by atoms with Crippen LogP contribution in [-0.4, -0.2) is 29.3 Å². The van der Waals surface area contributed by atoms with Gasteiger partial charge in [0.1, 0.15) is 12.1 Å². The molecule has 0 bridgehead atoms. The van der Waals surface area contributed by atoms with Gasteiger partial charge in [-0.05, 0) is 60.4 Å².